The van der Waals surface area contributed by atoms with E-state index in [1.54, 1.807) is 0 Å². The summed E-state index contributed by atoms with van der Waals surface area (Å²) in [6.07, 6.45) is 10.9. The summed E-state index contributed by atoms with van der Waals surface area (Å²) < 4.78 is 5.69. The molecule has 0 amide bonds. The predicted molar refractivity (Wildman–Crippen MR) is 74.7 cm³/mol. The van der Waals surface area contributed by atoms with Gasteiger partial charge in [-0.15, -0.1) is 0 Å². The average molecular weight is 243 g/mol. The third-order valence-corrected chi connectivity index (χ3v) is 3.95. The molecule has 1 aromatic carbocycles. The lowest BCUT2D eigenvalue weighted by molar-refractivity contribution is 0.288. The topological polar surface area (TPSA) is 21.6 Å². The van der Waals surface area contributed by atoms with Gasteiger partial charge in [-0.05, 0) is 42.9 Å². The summed E-state index contributed by atoms with van der Waals surface area (Å²) in [7, 11) is 0. The highest BCUT2D eigenvalue weighted by molar-refractivity contribution is 5.80. The number of aryl methyl sites for hydroxylation is 1. The van der Waals surface area contributed by atoms with Crippen LogP contribution in [0.5, 0.6) is 5.75 Å². The molecule has 0 aromatic heterocycles. The molecule has 96 valence electrons. The zero-order valence-corrected chi connectivity index (χ0v) is 10.9. The van der Waals surface area contributed by atoms with Crippen LogP contribution in [0.2, 0.25) is 0 Å². The van der Waals surface area contributed by atoms with Crippen molar-refractivity contribution in [1.82, 2.24) is 0 Å². The Bertz CT molecular complexity index is 433. The quantitative estimate of drug-likeness (QED) is 0.725. The molecule has 2 nitrogen and oxygen atoms in total. The number of benzene rings is 1. The molecule has 2 aliphatic rings. The molecule has 0 spiro atoms. The molecule has 1 heterocycles. The van der Waals surface area contributed by atoms with Gasteiger partial charge in [0.05, 0.1) is 6.61 Å². The maximum atomic E-state index is 5.69. The highest BCUT2D eigenvalue weighted by Gasteiger charge is 2.12. The first kappa shape index (κ1) is 11.8. The maximum absolute atomic E-state index is 5.69. The van der Waals surface area contributed by atoms with Crippen LogP contribution in [0.1, 0.15) is 49.7 Å². The van der Waals surface area contributed by atoms with Gasteiger partial charge in [-0.3, -0.25) is 4.99 Å². The fraction of sp³-hybridized carbons (Fsp3) is 0.562. The second-order valence-electron chi connectivity index (χ2n) is 5.39. The molecule has 1 saturated carbocycles. The summed E-state index contributed by atoms with van der Waals surface area (Å²) in [6, 6.07) is 7.05. The number of nitrogens with zero attached hydrogens (tertiary/aromatic N) is 1. The number of aliphatic imine (C=N–C) groups is 1. The number of hydrogen-bond donors (Lipinski definition) is 0. The molecule has 0 saturated heterocycles. The first-order valence-corrected chi connectivity index (χ1v) is 7.21. The Kier molecular flexibility index (Phi) is 3.63. The highest BCUT2D eigenvalue weighted by atomic mass is 16.5. The van der Waals surface area contributed by atoms with Gasteiger partial charge in [-0.2, -0.15) is 0 Å². The first-order valence-electron chi connectivity index (χ1n) is 7.21. The summed E-state index contributed by atoms with van der Waals surface area (Å²) in [5, 5.41) is 0. The lowest BCUT2D eigenvalue weighted by Crippen LogP contribution is -2.10. The van der Waals surface area contributed by atoms with E-state index in [9.17, 15) is 0 Å². The molecule has 1 aromatic rings. The van der Waals surface area contributed by atoms with Crippen molar-refractivity contribution >= 4 is 6.21 Å². The molecule has 3 rings (SSSR count). The first-order chi connectivity index (χ1) is 8.92. The average Bonchev–Trinajstić information content (AvgIpc) is 2.46. The minimum absolute atomic E-state index is 0.552. The predicted octanol–water partition coefficient (Wildman–Crippen LogP) is 3.76. The molecule has 0 N–H and O–H groups in total. The van der Waals surface area contributed by atoms with Crippen LogP contribution in [-0.2, 0) is 6.42 Å². The Morgan fingerprint density at radius 2 is 2.00 bits per heavy atom. The smallest absolute Gasteiger partial charge is 0.123 e. The van der Waals surface area contributed by atoms with Crippen LogP contribution < -0.4 is 4.74 Å². The second-order valence-corrected chi connectivity index (χ2v) is 5.39. The Hall–Kier alpha value is -1.31. The summed E-state index contributed by atoms with van der Waals surface area (Å²) in [4.78, 5) is 4.72. The van der Waals surface area contributed by atoms with Crippen molar-refractivity contribution in [3.63, 3.8) is 0 Å². The summed E-state index contributed by atoms with van der Waals surface area (Å²) in [6.45, 7) is 0.857. The van der Waals surface area contributed by atoms with Gasteiger partial charge < -0.3 is 4.74 Å². The molecule has 0 atom stereocenters. The molecular weight excluding hydrogens is 222 g/mol. The van der Waals surface area contributed by atoms with Gasteiger partial charge in [0.25, 0.3) is 0 Å². The minimum atomic E-state index is 0.552. The zero-order valence-electron chi connectivity index (χ0n) is 10.9. The van der Waals surface area contributed by atoms with Crippen molar-refractivity contribution in [2.75, 3.05) is 6.61 Å². The molecule has 2 heteroatoms. The minimum Gasteiger partial charge on any atom is -0.493 e. The molecular formula is C16H21NO. The van der Waals surface area contributed by atoms with Crippen LogP contribution in [0.3, 0.4) is 0 Å². The zero-order chi connectivity index (χ0) is 12.2. The van der Waals surface area contributed by atoms with Crippen molar-refractivity contribution < 1.29 is 4.74 Å². The molecule has 1 fully saturated rings. The van der Waals surface area contributed by atoms with Crippen LogP contribution >= 0.6 is 0 Å². The van der Waals surface area contributed by atoms with Crippen molar-refractivity contribution in [3.8, 4) is 5.75 Å². The standard InChI is InChI=1S/C16H21NO/c1-2-6-15(7-3-1)17-12-13-8-9-14-5-4-10-18-16(14)11-13/h8-9,11-12,15H,1-7,10H2. The third-order valence-electron chi connectivity index (χ3n) is 3.95. The van der Waals surface area contributed by atoms with Gasteiger partial charge in [0.15, 0.2) is 0 Å². The van der Waals surface area contributed by atoms with Gasteiger partial charge in [0.1, 0.15) is 5.75 Å². The second kappa shape index (κ2) is 5.55. The molecule has 1 aliphatic heterocycles. The fourth-order valence-electron chi connectivity index (χ4n) is 2.86. The van der Waals surface area contributed by atoms with E-state index in [4.69, 9.17) is 9.73 Å². The Balaban J connectivity index is 1.70. The summed E-state index contributed by atoms with van der Waals surface area (Å²) in [5.41, 5.74) is 2.53. The summed E-state index contributed by atoms with van der Waals surface area (Å²) in [5.74, 6) is 1.06. The number of fused-ring (bicyclic) bond motifs is 1. The molecule has 0 radical (unpaired) electrons. The van der Waals surface area contributed by atoms with E-state index in [-0.39, 0.29) is 0 Å². The molecule has 0 unspecified atom stereocenters. The van der Waals surface area contributed by atoms with E-state index in [2.05, 4.69) is 18.2 Å². The van der Waals surface area contributed by atoms with Gasteiger partial charge in [-0.1, -0.05) is 31.4 Å². The Morgan fingerprint density at radius 3 is 2.89 bits per heavy atom. The van der Waals surface area contributed by atoms with Crippen molar-refractivity contribution in [2.24, 2.45) is 4.99 Å². The van der Waals surface area contributed by atoms with Crippen molar-refractivity contribution in [3.05, 3.63) is 29.3 Å². The SMILES string of the molecule is C(=NC1CCCCC1)c1ccc2c(c1)OCCC2. The van der Waals surface area contributed by atoms with E-state index in [0.29, 0.717) is 6.04 Å². The molecule has 0 bridgehead atoms. The van der Waals surface area contributed by atoms with Gasteiger partial charge in [-0.25, -0.2) is 0 Å². The van der Waals surface area contributed by atoms with E-state index >= 15 is 0 Å². The van der Waals surface area contributed by atoms with Gasteiger partial charge in [0.2, 0.25) is 0 Å². The van der Waals surface area contributed by atoms with Gasteiger partial charge >= 0.3 is 0 Å². The van der Waals surface area contributed by atoms with E-state index in [1.807, 2.05) is 6.21 Å². The van der Waals surface area contributed by atoms with E-state index in [0.717, 1.165) is 25.2 Å². The van der Waals surface area contributed by atoms with E-state index in [1.165, 1.54) is 43.2 Å². The lowest BCUT2D eigenvalue weighted by atomic mass is 9.96. The number of rotatable bonds is 2. The van der Waals surface area contributed by atoms with Crippen molar-refractivity contribution in [1.29, 1.82) is 0 Å². The number of hydrogen-bond acceptors (Lipinski definition) is 2. The maximum Gasteiger partial charge on any atom is 0.123 e. The van der Waals surface area contributed by atoms with Crippen LogP contribution in [0.25, 0.3) is 0 Å². The Morgan fingerprint density at radius 1 is 1.11 bits per heavy atom. The molecule has 18 heavy (non-hydrogen) atoms. The molecule has 1 aliphatic carbocycles. The van der Waals surface area contributed by atoms with Crippen LogP contribution in [-0.4, -0.2) is 18.9 Å². The van der Waals surface area contributed by atoms with Crippen molar-refractivity contribution in [2.45, 2.75) is 51.0 Å². The lowest BCUT2D eigenvalue weighted by Gasteiger charge is -2.18. The fourth-order valence-corrected chi connectivity index (χ4v) is 2.86. The normalized spacial score (nSPS) is 20.7. The summed E-state index contributed by atoms with van der Waals surface area (Å²) >= 11 is 0. The monoisotopic (exact) mass is 243 g/mol. The highest BCUT2D eigenvalue weighted by Crippen LogP contribution is 2.25. The van der Waals surface area contributed by atoms with Crippen LogP contribution in [0, 0.1) is 0 Å². The Labute approximate surface area is 109 Å². The van der Waals surface area contributed by atoms with Gasteiger partial charge in [0, 0.05) is 12.3 Å². The van der Waals surface area contributed by atoms with Crippen LogP contribution in [0.4, 0.5) is 0 Å². The van der Waals surface area contributed by atoms with E-state index < -0.39 is 0 Å². The third kappa shape index (κ3) is 2.74. The van der Waals surface area contributed by atoms with Crippen LogP contribution in [0.15, 0.2) is 23.2 Å². The number of ether oxygens (including phenoxy) is 1. The largest absolute Gasteiger partial charge is 0.493 e.